The molecule has 0 bridgehead atoms. The maximum atomic E-state index is 6.01. The van der Waals surface area contributed by atoms with Gasteiger partial charge in [-0.25, -0.2) is 0 Å². The zero-order chi connectivity index (χ0) is 10.7. The Bertz CT molecular complexity index is 314. The fourth-order valence-electron chi connectivity index (χ4n) is 2.01. The largest absolute Gasteiger partial charge is 0.381 e. The van der Waals surface area contributed by atoms with Gasteiger partial charge in [-0.1, -0.05) is 27.5 Å². The van der Waals surface area contributed by atoms with E-state index in [1.54, 1.807) is 0 Å². The Morgan fingerprint density at radius 1 is 1.27 bits per heavy atom. The lowest BCUT2D eigenvalue weighted by atomic mass is 9.92. The minimum atomic E-state index is 0.754. The maximum absolute atomic E-state index is 6.01. The van der Waals surface area contributed by atoms with E-state index in [0.29, 0.717) is 0 Å². The molecule has 1 saturated heterocycles. The van der Waals surface area contributed by atoms with Crippen LogP contribution in [0.1, 0.15) is 18.4 Å². The molecule has 0 radical (unpaired) electrons. The molecular formula is C12H14BrClO. The zero-order valence-electron chi connectivity index (χ0n) is 8.51. The molecule has 0 aliphatic carbocycles. The third-order valence-corrected chi connectivity index (χ3v) is 3.46. The first-order chi connectivity index (χ1) is 7.24. The molecule has 1 aliphatic heterocycles. The first-order valence-electron chi connectivity index (χ1n) is 5.27. The van der Waals surface area contributed by atoms with Crippen molar-refractivity contribution < 1.29 is 4.74 Å². The maximum Gasteiger partial charge on any atom is 0.0468 e. The minimum Gasteiger partial charge on any atom is -0.381 e. The van der Waals surface area contributed by atoms with E-state index in [1.807, 2.05) is 6.07 Å². The number of benzene rings is 1. The van der Waals surface area contributed by atoms with E-state index in [-0.39, 0.29) is 0 Å². The summed E-state index contributed by atoms with van der Waals surface area (Å²) in [4.78, 5) is 0. The number of rotatable bonds is 2. The molecule has 0 atom stereocenters. The molecule has 3 heteroatoms. The van der Waals surface area contributed by atoms with Gasteiger partial charge in [0.25, 0.3) is 0 Å². The highest BCUT2D eigenvalue weighted by atomic mass is 79.9. The average molecular weight is 290 g/mol. The zero-order valence-corrected chi connectivity index (χ0v) is 10.9. The van der Waals surface area contributed by atoms with Crippen molar-refractivity contribution in [3.63, 3.8) is 0 Å². The summed E-state index contributed by atoms with van der Waals surface area (Å²) in [6, 6.07) is 6.14. The standard InChI is InChI=1S/C12H14BrClO/c13-11-6-10(7-12(14)8-11)5-9-1-3-15-4-2-9/h6-9H,1-5H2. The van der Waals surface area contributed by atoms with Crippen molar-refractivity contribution in [2.45, 2.75) is 19.3 Å². The van der Waals surface area contributed by atoms with Crippen LogP contribution in [0.5, 0.6) is 0 Å². The highest BCUT2D eigenvalue weighted by Gasteiger charge is 2.14. The average Bonchev–Trinajstić information content (AvgIpc) is 2.17. The molecule has 1 nitrogen and oxygen atoms in total. The predicted molar refractivity (Wildman–Crippen MR) is 66.4 cm³/mol. The second-order valence-electron chi connectivity index (χ2n) is 4.04. The van der Waals surface area contributed by atoms with Gasteiger partial charge in [0, 0.05) is 22.7 Å². The normalized spacial score (nSPS) is 18.0. The lowest BCUT2D eigenvalue weighted by molar-refractivity contribution is 0.0665. The lowest BCUT2D eigenvalue weighted by Crippen LogP contribution is -2.17. The summed E-state index contributed by atoms with van der Waals surface area (Å²) in [5, 5.41) is 0.812. The Morgan fingerprint density at radius 2 is 2.00 bits per heavy atom. The van der Waals surface area contributed by atoms with E-state index in [0.717, 1.165) is 35.0 Å². The van der Waals surface area contributed by atoms with Crippen molar-refractivity contribution in [1.29, 1.82) is 0 Å². The number of hydrogen-bond donors (Lipinski definition) is 0. The fraction of sp³-hybridized carbons (Fsp3) is 0.500. The summed E-state index contributed by atoms with van der Waals surface area (Å²) in [6.45, 7) is 1.82. The van der Waals surface area contributed by atoms with Gasteiger partial charge in [0.15, 0.2) is 0 Å². The van der Waals surface area contributed by atoms with E-state index >= 15 is 0 Å². The molecule has 1 heterocycles. The first-order valence-corrected chi connectivity index (χ1v) is 6.44. The van der Waals surface area contributed by atoms with Gasteiger partial charge < -0.3 is 4.74 Å². The summed E-state index contributed by atoms with van der Waals surface area (Å²) >= 11 is 9.48. The van der Waals surface area contributed by atoms with Crippen LogP contribution in [-0.4, -0.2) is 13.2 Å². The molecule has 1 aromatic carbocycles. The van der Waals surface area contributed by atoms with E-state index in [2.05, 4.69) is 28.1 Å². The van der Waals surface area contributed by atoms with E-state index in [9.17, 15) is 0 Å². The number of hydrogen-bond acceptors (Lipinski definition) is 1. The van der Waals surface area contributed by atoms with Gasteiger partial charge in [-0.05, 0) is 48.9 Å². The SMILES string of the molecule is Clc1cc(Br)cc(CC2CCOCC2)c1. The van der Waals surface area contributed by atoms with Crippen LogP contribution < -0.4 is 0 Å². The predicted octanol–water partition coefficient (Wildman–Crippen LogP) is 4.07. The summed E-state index contributed by atoms with van der Waals surface area (Å²) in [5.74, 6) is 0.754. The van der Waals surface area contributed by atoms with Crippen LogP contribution in [0.15, 0.2) is 22.7 Å². The molecule has 15 heavy (non-hydrogen) atoms. The smallest absolute Gasteiger partial charge is 0.0468 e. The third-order valence-electron chi connectivity index (χ3n) is 2.79. The van der Waals surface area contributed by atoms with Crippen LogP contribution in [0.25, 0.3) is 0 Å². The van der Waals surface area contributed by atoms with Crippen LogP contribution in [-0.2, 0) is 11.2 Å². The summed E-state index contributed by atoms with van der Waals surface area (Å²) in [5.41, 5.74) is 1.32. The molecule has 1 aromatic rings. The molecule has 0 unspecified atom stereocenters. The Balaban J connectivity index is 2.02. The third kappa shape index (κ3) is 3.47. The van der Waals surface area contributed by atoms with Crippen molar-refractivity contribution in [1.82, 2.24) is 0 Å². The van der Waals surface area contributed by atoms with Crippen molar-refractivity contribution >= 4 is 27.5 Å². The number of ether oxygens (including phenoxy) is 1. The van der Waals surface area contributed by atoms with Crippen LogP contribution in [0.4, 0.5) is 0 Å². The first kappa shape index (κ1) is 11.4. The second kappa shape index (κ2) is 5.33. The molecule has 0 spiro atoms. The monoisotopic (exact) mass is 288 g/mol. The molecule has 0 saturated carbocycles. The lowest BCUT2D eigenvalue weighted by Gasteiger charge is -2.22. The van der Waals surface area contributed by atoms with Gasteiger partial charge in [0.2, 0.25) is 0 Å². The Kier molecular flexibility index (Phi) is 4.06. The van der Waals surface area contributed by atoms with Crippen LogP contribution in [0.3, 0.4) is 0 Å². The minimum absolute atomic E-state index is 0.754. The molecule has 82 valence electrons. The van der Waals surface area contributed by atoms with Gasteiger partial charge in [-0.2, -0.15) is 0 Å². The second-order valence-corrected chi connectivity index (χ2v) is 5.39. The van der Waals surface area contributed by atoms with E-state index in [4.69, 9.17) is 16.3 Å². The Morgan fingerprint density at radius 3 is 2.67 bits per heavy atom. The van der Waals surface area contributed by atoms with Crippen LogP contribution in [0.2, 0.25) is 5.02 Å². The topological polar surface area (TPSA) is 9.23 Å². The van der Waals surface area contributed by atoms with Crippen molar-refractivity contribution in [3.8, 4) is 0 Å². The van der Waals surface area contributed by atoms with Gasteiger partial charge >= 0.3 is 0 Å². The fourth-order valence-corrected chi connectivity index (χ4v) is 2.94. The van der Waals surface area contributed by atoms with Crippen molar-refractivity contribution in [2.75, 3.05) is 13.2 Å². The van der Waals surface area contributed by atoms with Crippen LogP contribution in [0, 0.1) is 5.92 Å². The highest BCUT2D eigenvalue weighted by molar-refractivity contribution is 9.10. The molecule has 0 aromatic heterocycles. The molecular weight excluding hydrogens is 275 g/mol. The molecule has 0 N–H and O–H groups in total. The summed E-state index contributed by atoms with van der Waals surface area (Å²) in [7, 11) is 0. The van der Waals surface area contributed by atoms with Crippen molar-refractivity contribution in [3.05, 3.63) is 33.3 Å². The van der Waals surface area contributed by atoms with Gasteiger partial charge in [0.05, 0.1) is 0 Å². The molecule has 1 aliphatic rings. The molecule has 2 rings (SSSR count). The molecule has 0 amide bonds. The molecule has 1 fully saturated rings. The van der Waals surface area contributed by atoms with E-state index < -0.39 is 0 Å². The van der Waals surface area contributed by atoms with Crippen LogP contribution >= 0.6 is 27.5 Å². The summed E-state index contributed by atoms with van der Waals surface area (Å²) in [6.07, 6.45) is 3.46. The Hall–Kier alpha value is -0.0500. The van der Waals surface area contributed by atoms with E-state index in [1.165, 1.54) is 18.4 Å². The highest BCUT2D eigenvalue weighted by Crippen LogP contribution is 2.25. The van der Waals surface area contributed by atoms with Gasteiger partial charge in [0.1, 0.15) is 0 Å². The summed E-state index contributed by atoms with van der Waals surface area (Å²) < 4.78 is 6.42. The van der Waals surface area contributed by atoms with Gasteiger partial charge in [-0.3, -0.25) is 0 Å². The quantitative estimate of drug-likeness (QED) is 0.797. The number of halogens is 2. The van der Waals surface area contributed by atoms with Gasteiger partial charge in [-0.15, -0.1) is 0 Å². The Labute approximate surface area is 104 Å². The van der Waals surface area contributed by atoms with Crippen molar-refractivity contribution in [2.24, 2.45) is 5.92 Å².